The third-order valence-corrected chi connectivity index (χ3v) is 2.94. The summed E-state index contributed by atoms with van der Waals surface area (Å²) in [5.74, 6) is 1.38. The summed E-state index contributed by atoms with van der Waals surface area (Å²) in [6, 6.07) is 7.35. The number of rotatable bonds is 3. The van der Waals surface area contributed by atoms with E-state index < -0.39 is 0 Å². The van der Waals surface area contributed by atoms with Crippen LogP contribution in [0.3, 0.4) is 0 Å². The van der Waals surface area contributed by atoms with Crippen LogP contribution in [0.15, 0.2) is 34.9 Å². The molecule has 17 heavy (non-hydrogen) atoms. The van der Waals surface area contributed by atoms with Crippen molar-refractivity contribution >= 4 is 39.0 Å². The second kappa shape index (κ2) is 5.33. The summed E-state index contributed by atoms with van der Waals surface area (Å²) in [5.41, 5.74) is 0.846. The van der Waals surface area contributed by atoms with Gasteiger partial charge in [0.1, 0.15) is 11.6 Å². The molecule has 0 bridgehead atoms. The van der Waals surface area contributed by atoms with Gasteiger partial charge in [-0.3, -0.25) is 0 Å². The third kappa shape index (κ3) is 3.08. The Labute approximate surface area is 112 Å². The quantitative estimate of drug-likeness (QED) is 0.879. The molecule has 0 amide bonds. The summed E-state index contributed by atoms with van der Waals surface area (Å²) in [6.07, 6.45) is 1.59. The maximum absolute atomic E-state index is 5.71. The van der Waals surface area contributed by atoms with E-state index in [2.05, 4.69) is 31.2 Å². The summed E-state index contributed by atoms with van der Waals surface area (Å²) in [4.78, 5) is 7.86. The first-order valence-electron chi connectivity index (χ1n) is 4.78. The van der Waals surface area contributed by atoms with Crippen LogP contribution in [-0.2, 0) is 0 Å². The van der Waals surface area contributed by atoms with E-state index in [1.807, 2.05) is 18.2 Å². The summed E-state index contributed by atoms with van der Waals surface area (Å²) in [5, 5.41) is 3.33. The molecule has 0 saturated carbocycles. The maximum atomic E-state index is 5.71. The molecule has 0 radical (unpaired) electrons. The zero-order valence-corrected chi connectivity index (χ0v) is 11.3. The van der Waals surface area contributed by atoms with E-state index in [1.54, 1.807) is 19.4 Å². The van der Waals surface area contributed by atoms with E-state index in [0.717, 1.165) is 15.9 Å². The third-order valence-electron chi connectivity index (χ3n) is 2.06. The number of hydrogen-bond acceptors (Lipinski definition) is 4. The summed E-state index contributed by atoms with van der Waals surface area (Å²) in [6.45, 7) is 0. The Morgan fingerprint density at radius 1 is 1.35 bits per heavy atom. The van der Waals surface area contributed by atoms with Crippen LogP contribution in [0.25, 0.3) is 0 Å². The number of ether oxygens (including phenoxy) is 1. The maximum Gasteiger partial charge on any atom is 0.224 e. The van der Waals surface area contributed by atoms with Crippen LogP contribution in [0.2, 0.25) is 5.28 Å². The Bertz CT molecular complexity index is 536. The molecule has 0 unspecified atom stereocenters. The van der Waals surface area contributed by atoms with E-state index >= 15 is 0 Å². The molecule has 4 nitrogen and oxygen atoms in total. The number of methoxy groups -OCH3 is 1. The molecule has 0 aliphatic rings. The summed E-state index contributed by atoms with van der Waals surface area (Å²) < 4.78 is 6.06. The van der Waals surface area contributed by atoms with Gasteiger partial charge in [-0.1, -0.05) is 0 Å². The van der Waals surface area contributed by atoms with E-state index in [9.17, 15) is 0 Å². The normalized spacial score (nSPS) is 10.1. The predicted molar refractivity (Wildman–Crippen MR) is 71.0 cm³/mol. The Kier molecular flexibility index (Phi) is 3.81. The topological polar surface area (TPSA) is 47.0 Å². The molecule has 88 valence electrons. The Morgan fingerprint density at radius 3 is 2.88 bits per heavy atom. The van der Waals surface area contributed by atoms with Crippen LogP contribution in [0.4, 0.5) is 11.5 Å². The fourth-order valence-corrected chi connectivity index (χ4v) is 1.76. The van der Waals surface area contributed by atoms with E-state index in [4.69, 9.17) is 16.3 Å². The Balaban J connectivity index is 2.29. The lowest BCUT2D eigenvalue weighted by Crippen LogP contribution is -1.96. The minimum Gasteiger partial charge on any atom is -0.497 e. The Hall–Kier alpha value is -1.33. The molecular formula is C11H9BrClN3O. The van der Waals surface area contributed by atoms with Gasteiger partial charge in [-0.25, -0.2) is 9.97 Å². The molecule has 1 heterocycles. The average Bonchev–Trinajstić information content (AvgIpc) is 2.32. The first-order valence-corrected chi connectivity index (χ1v) is 5.95. The van der Waals surface area contributed by atoms with Crippen molar-refractivity contribution in [2.24, 2.45) is 0 Å². The molecule has 0 saturated heterocycles. The molecule has 0 aliphatic heterocycles. The smallest absolute Gasteiger partial charge is 0.224 e. The van der Waals surface area contributed by atoms with Gasteiger partial charge >= 0.3 is 0 Å². The van der Waals surface area contributed by atoms with Crippen LogP contribution in [0.1, 0.15) is 0 Å². The highest BCUT2D eigenvalue weighted by atomic mass is 79.9. The summed E-state index contributed by atoms with van der Waals surface area (Å²) >= 11 is 9.15. The highest BCUT2D eigenvalue weighted by Crippen LogP contribution is 2.29. The van der Waals surface area contributed by atoms with Crippen LogP contribution in [0.5, 0.6) is 5.75 Å². The minimum absolute atomic E-state index is 0.203. The standard InChI is InChI=1S/C11H9BrClN3O/c1-17-7-2-3-8(12)9(6-7)15-10-4-5-14-11(13)16-10/h2-6H,1H3,(H,14,15,16). The molecule has 1 aromatic carbocycles. The molecular weight excluding hydrogens is 305 g/mol. The second-order valence-electron chi connectivity index (χ2n) is 3.18. The fraction of sp³-hybridized carbons (Fsp3) is 0.0909. The van der Waals surface area contributed by atoms with Gasteiger partial charge in [0.15, 0.2) is 0 Å². The molecule has 1 aromatic heterocycles. The highest BCUT2D eigenvalue weighted by Gasteiger charge is 2.04. The summed E-state index contributed by atoms with van der Waals surface area (Å²) in [7, 11) is 1.62. The number of anilines is 2. The lowest BCUT2D eigenvalue weighted by Gasteiger charge is -2.09. The molecule has 2 rings (SSSR count). The van der Waals surface area contributed by atoms with Crippen molar-refractivity contribution in [2.45, 2.75) is 0 Å². The fourth-order valence-electron chi connectivity index (χ4n) is 1.27. The first-order chi connectivity index (χ1) is 8.19. The molecule has 2 aromatic rings. The average molecular weight is 315 g/mol. The Morgan fingerprint density at radius 2 is 2.18 bits per heavy atom. The number of benzene rings is 1. The van der Waals surface area contributed by atoms with Gasteiger partial charge < -0.3 is 10.1 Å². The highest BCUT2D eigenvalue weighted by molar-refractivity contribution is 9.10. The molecule has 0 spiro atoms. The van der Waals surface area contributed by atoms with Crippen molar-refractivity contribution in [3.63, 3.8) is 0 Å². The van der Waals surface area contributed by atoms with E-state index in [-0.39, 0.29) is 5.28 Å². The van der Waals surface area contributed by atoms with Crippen molar-refractivity contribution in [1.29, 1.82) is 0 Å². The molecule has 1 N–H and O–H groups in total. The largest absolute Gasteiger partial charge is 0.497 e. The van der Waals surface area contributed by atoms with E-state index in [1.165, 1.54) is 0 Å². The van der Waals surface area contributed by atoms with Crippen LogP contribution < -0.4 is 10.1 Å². The monoisotopic (exact) mass is 313 g/mol. The molecule has 6 heteroatoms. The van der Waals surface area contributed by atoms with Gasteiger partial charge in [-0.15, -0.1) is 0 Å². The van der Waals surface area contributed by atoms with E-state index in [0.29, 0.717) is 5.82 Å². The zero-order chi connectivity index (χ0) is 12.3. The minimum atomic E-state index is 0.203. The lowest BCUT2D eigenvalue weighted by molar-refractivity contribution is 0.415. The lowest BCUT2D eigenvalue weighted by atomic mass is 10.3. The predicted octanol–water partition coefficient (Wildman–Crippen LogP) is 3.64. The number of aromatic nitrogens is 2. The second-order valence-corrected chi connectivity index (χ2v) is 4.37. The number of nitrogens with zero attached hydrogens (tertiary/aromatic N) is 2. The van der Waals surface area contributed by atoms with Crippen LogP contribution >= 0.6 is 27.5 Å². The van der Waals surface area contributed by atoms with Crippen LogP contribution in [0, 0.1) is 0 Å². The van der Waals surface area contributed by atoms with Crippen molar-refractivity contribution < 1.29 is 4.74 Å². The van der Waals surface area contributed by atoms with Gasteiger partial charge in [-0.2, -0.15) is 0 Å². The molecule has 0 fully saturated rings. The van der Waals surface area contributed by atoms with Crippen molar-refractivity contribution in [1.82, 2.24) is 9.97 Å². The first kappa shape index (κ1) is 12.1. The zero-order valence-electron chi connectivity index (χ0n) is 8.95. The molecule has 0 atom stereocenters. The van der Waals surface area contributed by atoms with Crippen LogP contribution in [-0.4, -0.2) is 17.1 Å². The van der Waals surface area contributed by atoms with Crippen molar-refractivity contribution in [3.8, 4) is 5.75 Å². The molecule has 0 aliphatic carbocycles. The number of halogens is 2. The SMILES string of the molecule is COc1ccc(Br)c(Nc2ccnc(Cl)n2)c1. The van der Waals surface area contributed by atoms with Gasteiger partial charge in [0.2, 0.25) is 5.28 Å². The van der Waals surface area contributed by atoms with Crippen molar-refractivity contribution in [3.05, 3.63) is 40.2 Å². The number of nitrogens with one attached hydrogen (secondary N) is 1. The van der Waals surface area contributed by atoms with Crippen molar-refractivity contribution in [2.75, 3.05) is 12.4 Å². The van der Waals surface area contributed by atoms with Gasteiger partial charge in [0.05, 0.1) is 12.8 Å². The number of hydrogen-bond donors (Lipinski definition) is 1. The van der Waals surface area contributed by atoms with Gasteiger partial charge in [0, 0.05) is 16.7 Å². The van der Waals surface area contributed by atoms with Gasteiger partial charge in [-0.05, 0) is 45.7 Å². The van der Waals surface area contributed by atoms with Gasteiger partial charge in [0.25, 0.3) is 0 Å².